The molecule has 1 aliphatic carbocycles. The van der Waals surface area contributed by atoms with E-state index < -0.39 is 5.97 Å². The molecule has 3 aromatic rings. The maximum Gasteiger partial charge on any atom is 0.305 e. The molecule has 0 saturated heterocycles. The van der Waals surface area contributed by atoms with Gasteiger partial charge in [-0.15, -0.1) is 0 Å². The predicted octanol–water partition coefficient (Wildman–Crippen LogP) is 3.68. The van der Waals surface area contributed by atoms with Gasteiger partial charge in [-0.2, -0.15) is 0 Å². The van der Waals surface area contributed by atoms with Crippen LogP contribution in [-0.2, 0) is 40.1 Å². The van der Waals surface area contributed by atoms with Gasteiger partial charge in [0.15, 0.2) is 0 Å². The van der Waals surface area contributed by atoms with Crippen molar-refractivity contribution in [2.75, 3.05) is 13.1 Å². The minimum absolute atomic E-state index is 0.0277. The molecule has 4 rings (SSSR count). The van der Waals surface area contributed by atoms with Crippen molar-refractivity contribution in [1.29, 1.82) is 0 Å². The van der Waals surface area contributed by atoms with Crippen LogP contribution >= 0.6 is 0 Å². The minimum atomic E-state index is -0.924. The number of nitrogens with one attached hydrogen (secondary N) is 2. The summed E-state index contributed by atoms with van der Waals surface area (Å²) in [6.45, 7) is 0.721. The Hall–Kier alpha value is -3.93. The normalized spacial score (nSPS) is 11.4. The fourth-order valence-electron chi connectivity index (χ4n) is 4.50. The van der Waals surface area contributed by atoms with Gasteiger partial charge < -0.3 is 15.7 Å². The van der Waals surface area contributed by atoms with Crippen molar-refractivity contribution in [3.05, 3.63) is 94.5 Å². The molecule has 180 valence electrons. The number of carboxylic acid groups (broad SMARTS) is 1. The number of carboxylic acids is 1. The Balaban J connectivity index is 1.20. The van der Waals surface area contributed by atoms with E-state index in [1.165, 1.54) is 22.3 Å². The molecule has 0 fully saturated rings. The van der Waals surface area contributed by atoms with Crippen LogP contribution in [0.5, 0.6) is 0 Å². The van der Waals surface area contributed by atoms with E-state index in [9.17, 15) is 14.4 Å². The molecule has 3 N–H and O–H groups in total. The van der Waals surface area contributed by atoms with E-state index in [1.54, 1.807) is 0 Å². The largest absolute Gasteiger partial charge is 0.481 e. The average Bonchev–Trinajstić information content (AvgIpc) is 3.23. The van der Waals surface area contributed by atoms with Gasteiger partial charge in [-0.3, -0.25) is 14.4 Å². The molecule has 0 spiro atoms. The number of amides is 2. The van der Waals surface area contributed by atoms with Gasteiger partial charge in [0.2, 0.25) is 11.8 Å². The Morgan fingerprint density at radius 1 is 0.714 bits per heavy atom. The number of benzene rings is 3. The summed E-state index contributed by atoms with van der Waals surface area (Å²) < 4.78 is 0. The molecule has 0 saturated carbocycles. The summed E-state index contributed by atoms with van der Waals surface area (Å²) in [6, 6.07) is 22.7. The number of fused-ring (bicyclic) bond motifs is 3. The summed E-state index contributed by atoms with van der Waals surface area (Å²) in [5.74, 6) is -1.04. The first-order valence-corrected chi connectivity index (χ1v) is 12.0. The molecule has 0 radical (unpaired) electrons. The first-order valence-electron chi connectivity index (χ1n) is 12.0. The maximum atomic E-state index is 12.6. The first-order chi connectivity index (χ1) is 17.0. The third-order valence-electron chi connectivity index (χ3n) is 6.36. The van der Waals surface area contributed by atoms with Crippen molar-refractivity contribution in [1.82, 2.24) is 10.6 Å². The van der Waals surface area contributed by atoms with Crippen LogP contribution in [-0.4, -0.2) is 36.0 Å². The Kier molecular flexibility index (Phi) is 7.93. The van der Waals surface area contributed by atoms with Crippen LogP contribution in [0, 0.1) is 0 Å². The second-order valence-corrected chi connectivity index (χ2v) is 8.86. The molecule has 0 aliphatic heterocycles. The fraction of sp³-hybridized carbons (Fsp3) is 0.276. The third kappa shape index (κ3) is 6.57. The van der Waals surface area contributed by atoms with Crippen molar-refractivity contribution in [3.8, 4) is 11.1 Å². The minimum Gasteiger partial charge on any atom is -0.481 e. The van der Waals surface area contributed by atoms with Gasteiger partial charge in [0.05, 0.1) is 12.8 Å². The second kappa shape index (κ2) is 11.5. The molecule has 35 heavy (non-hydrogen) atoms. The van der Waals surface area contributed by atoms with Gasteiger partial charge in [0.1, 0.15) is 0 Å². The number of carbonyl (C=O) groups is 3. The molecular formula is C29H30N2O4. The molecule has 6 nitrogen and oxygen atoms in total. The van der Waals surface area contributed by atoms with Crippen LogP contribution in [0.15, 0.2) is 66.7 Å². The van der Waals surface area contributed by atoms with E-state index >= 15 is 0 Å². The summed E-state index contributed by atoms with van der Waals surface area (Å²) in [6.07, 6.45) is 2.85. The summed E-state index contributed by atoms with van der Waals surface area (Å²) in [5, 5.41) is 14.3. The number of rotatable bonds is 11. The van der Waals surface area contributed by atoms with Gasteiger partial charge in [0, 0.05) is 19.5 Å². The molecule has 1 aliphatic rings. The monoisotopic (exact) mass is 470 g/mol. The highest BCUT2D eigenvalue weighted by Crippen LogP contribution is 2.38. The molecular weight excluding hydrogens is 440 g/mol. The Morgan fingerprint density at radius 2 is 1.40 bits per heavy atom. The second-order valence-electron chi connectivity index (χ2n) is 8.86. The SMILES string of the molecule is O=C(O)CCNC(=O)CCc1ccc(CCNC(=O)Cc2cccc3c2Cc2ccccc2-3)cc1. The van der Waals surface area contributed by atoms with Crippen molar-refractivity contribution in [2.45, 2.75) is 38.5 Å². The molecule has 0 unspecified atom stereocenters. The lowest BCUT2D eigenvalue weighted by molar-refractivity contribution is -0.137. The van der Waals surface area contributed by atoms with Gasteiger partial charge in [-0.1, -0.05) is 66.7 Å². The van der Waals surface area contributed by atoms with Gasteiger partial charge in [-0.05, 0) is 58.2 Å². The Labute approximate surface area is 205 Å². The average molecular weight is 471 g/mol. The van der Waals surface area contributed by atoms with Crippen LogP contribution in [0.25, 0.3) is 11.1 Å². The van der Waals surface area contributed by atoms with Crippen LogP contribution in [0.3, 0.4) is 0 Å². The number of hydrogen-bond acceptors (Lipinski definition) is 3. The quantitative estimate of drug-likeness (QED) is 0.312. The highest BCUT2D eigenvalue weighted by molar-refractivity contribution is 5.83. The molecule has 6 heteroatoms. The van der Waals surface area contributed by atoms with Crippen molar-refractivity contribution in [3.63, 3.8) is 0 Å². The summed E-state index contributed by atoms with van der Waals surface area (Å²) in [5.41, 5.74) is 8.34. The molecule has 0 atom stereocenters. The Bertz CT molecular complexity index is 1220. The summed E-state index contributed by atoms with van der Waals surface area (Å²) >= 11 is 0. The molecule has 3 aromatic carbocycles. The maximum absolute atomic E-state index is 12.6. The lowest BCUT2D eigenvalue weighted by Gasteiger charge is -2.10. The van der Waals surface area contributed by atoms with Crippen molar-refractivity contribution < 1.29 is 19.5 Å². The fourth-order valence-corrected chi connectivity index (χ4v) is 4.50. The predicted molar refractivity (Wildman–Crippen MR) is 135 cm³/mol. The molecule has 0 heterocycles. The molecule has 2 amide bonds. The number of aryl methyl sites for hydroxylation is 1. The Morgan fingerprint density at radius 3 is 2.17 bits per heavy atom. The van der Waals surface area contributed by atoms with Crippen LogP contribution in [0.1, 0.15) is 40.7 Å². The molecule has 0 bridgehead atoms. The highest BCUT2D eigenvalue weighted by Gasteiger charge is 2.21. The number of aliphatic carboxylic acids is 1. The van der Waals surface area contributed by atoms with E-state index in [2.05, 4.69) is 47.0 Å². The first kappa shape index (κ1) is 24.2. The smallest absolute Gasteiger partial charge is 0.305 e. The van der Waals surface area contributed by atoms with Crippen LogP contribution in [0.4, 0.5) is 0 Å². The standard InChI is InChI=1S/C29H30N2O4/c32-27(30-17-15-29(34)35)13-12-20-8-10-21(11-9-20)14-16-31-28(33)19-23-5-3-7-25-24-6-2-1-4-22(24)18-26(23)25/h1-11H,12-19H2,(H,30,32)(H,31,33)(H,34,35). The van der Waals surface area contributed by atoms with Crippen LogP contribution < -0.4 is 10.6 Å². The van der Waals surface area contributed by atoms with Gasteiger partial charge >= 0.3 is 5.97 Å². The van der Waals surface area contributed by atoms with Crippen molar-refractivity contribution >= 4 is 17.8 Å². The highest BCUT2D eigenvalue weighted by atomic mass is 16.4. The van der Waals surface area contributed by atoms with E-state index in [-0.39, 0.29) is 24.8 Å². The van der Waals surface area contributed by atoms with E-state index in [0.717, 1.165) is 29.5 Å². The third-order valence-corrected chi connectivity index (χ3v) is 6.36. The summed E-state index contributed by atoms with van der Waals surface area (Å²) in [7, 11) is 0. The zero-order valence-electron chi connectivity index (χ0n) is 19.7. The zero-order chi connectivity index (χ0) is 24.6. The lowest BCUT2D eigenvalue weighted by atomic mass is 9.99. The topological polar surface area (TPSA) is 95.5 Å². The van der Waals surface area contributed by atoms with Gasteiger partial charge in [-0.25, -0.2) is 0 Å². The van der Waals surface area contributed by atoms with E-state index in [4.69, 9.17) is 5.11 Å². The number of carbonyl (C=O) groups excluding carboxylic acids is 2. The lowest BCUT2D eigenvalue weighted by Crippen LogP contribution is -2.27. The van der Waals surface area contributed by atoms with Crippen molar-refractivity contribution in [2.24, 2.45) is 0 Å². The molecule has 0 aromatic heterocycles. The van der Waals surface area contributed by atoms with Gasteiger partial charge in [0.25, 0.3) is 0 Å². The van der Waals surface area contributed by atoms with Crippen LogP contribution in [0.2, 0.25) is 0 Å². The zero-order valence-corrected chi connectivity index (χ0v) is 19.7. The summed E-state index contributed by atoms with van der Waals surface area (Å²) in [4.78, 5) is 34.9. The number of hydrogen-bond donors (Lipinski definition) is 3. The van der Waals surface area contributed by atoms with E-state index in [0.29, 0.717) is 25.8 Å². The van der Waals surface area contributed by atoms with E-state index in [1.807, 2.05) is 30.3 Å².